The number of aromatic nitrogens is 2. The number of hydrogen-bond donors (Lipinski definition) is 1. The molecule has 0 fully saturated rings. The molecule has 0 aromatic carbocycles. The van der Waals surface area contributed by atoms with Crippen LogP contribution in [-0.2, 0) is 35.5 Å². The van der Waals surface area contributed by atoms with E-state index < -0.39 is 6.04 Å². The summed E-state index contributed by atoms with van der Waals surface area (Å²) in [7, 11) is 0. The largest absolute Gasteiger partial charge is 0.344 e. The summed E-state index contributed by atoms with van der Waals surface area (Å²) in [6.07, 6.45) is 2.66. The molecule has 2 aromatic heterocycles. The molecule has 1 atom stereocenters. The van der Waals surface area contributed by atoms with Gasteiger partial charge in [0.25, 0.3) is 0 Å². The van der Waals surface area contributed by atoms with Crippen LogP contribution in [-0.4, -0.2) is 39.1 Å². The molecular weight excluding hydrogens is 396 g/mol. The lowest BCUT2D eigenvalue weighted by Crippen LogP contribution is -2.50. The van der Waals surface area contributed by atoms with Gasteiger partial charge in [0.1, 0.15) is 6.04 Å². The Morgan fingerprint density at radius 1 is 1.30 bits per heavy atom. The zero-order valence-electron chi connectivity index (χ0n) is 18.8. The Kier molecular flexibility index (Phi) is 7.34. The van der Waals surface area contributed by atoms with Gasteiger partial charge in [-0.15, -0.1) is 11.3 Å². The first-order chi connectivity index (χ1) is 14.3. The first kappa shape index (κ1) is 22.5. The van der Waals surface area contributed by atoms with E-state index in [4.69, 9.17) is 0 Å². The van der Waals surface area contributed by atoms with Crippen molar-refractivity contribution < 1.29 is 9.59 Å². The van der Waals surface area contributed by atoms with Crippen molar-refractivity contribution in [1.29, 1.82) is 0 Å². The maximum atomic E-state index is 13.2. The molecule has 3 rings (SSSR count). The van der Waals surface area contributed by atoms with Crippen LogP contribution in [0.5, 0.6) is 0 Å². The smallest absolute Gasteiger partial charge is 0.245 e. The highest BCUT2D eigenvalue weighted by atomic mass is 32.1. The van der Waals surface area contributed by atoms with E-state index in [2.05, 4.69) is 35.7 Å². The molecule has 0 spiro atoms. The molecule has 0 bridgehead atoms. The van der Waals surface area contributed by atoms with Gasteiger partial charge in [0.2, 0.25) is 11.8 Å². The topological polar surface area (TPSA) is 67.2 Å². The number of hydrogen-bond acceptors (Lipinski definition) is 4. The summed E-state index contributed by atoms with van der Waals surface area (Å²) in [5.74, 6) is 0.417. The van der Waals surface area contributed by atoms with Crippen molar-refractivity contribution in [3.63, 3.8) is 0 Å². The van der Waals surface area contributed by atoms with Crippen LogP contribution >= 0.6 is 11.3 Å². The fourth-order valence-electron chi connectivity index (χ4n) is 4.12. The maximum Gasteiger partial charge on any atom is 0.245 e. The van der Waals surface area contributed by atoms with E-state index in [1.807, 2.05) is 30.4 Å². The van der Waals surface area contributed by atoms with E-state index in [0.717, 1.165) is 42.9 Å². The average Bonchev–Trinajstić information content (AvgIpc) is 3.26. The second-order valence-electron chi connectivity index (χ2n) is 8.69. The predicted molar refractivity (Wildman–Crippen MR) is 121 cm³/mol. The Morgan fingerprint density at radius 3 is 2.77 bits per heavy atom. The number of nitrogens with one attached hydrogen (secondary N) is 1. The van der Waals surface area contributed by atoms with Gasteiger partial charge < -0.3 is 10.2 Å². The number of nitrogens with zero attached hydrogens (tertiary/aromatic N) is 3. The Labute approximate surface area is 183 Å². The van der Waals surface area contributed by atoms with E-state index in [0.29, 0.717) is 18.9 Å². The molecule has 0 aliphatic carbocycles. The minimum atomic E-state index is -0.464. The van der Waals surface area contributed by atoms with E-state index in [1.165, 1.54) is 10.4 Å². The van der Waals surface area contributed by atoms with Crippen molar-refractivity contribution >= 4 is 23.2 Å². The summed E-state index contributed by atoms with van der Waals surface area (Å²) in [4.78, 5) is 29.3. The summed E-state index contributed by atoms with van der Waals surface area (Å²) < 4.78 is 1.99. The lowest BCUT2D eigenvalue weighted by molar-refractivity contribution is -0.137. The number of aryl methyl sites for hydroxylation is 1. The number of carbonyl (C=O) groups is 2. The second kappa shape index (κ2) is 9.77. The molecule has 1 N–H and O–H groups in total. The highest BCUT2D eigenvalue weighted by molar-refractivity contribution is 7.10. The van der Waals surface area contributed by atoms with Crippen molar-refractivity contribution in [1.82, 2.24) is 20.0 Å². The van der Waals surface area contributed by atoms with Crippen LogP contribution in [0.3, 0.4) is 0 Å². The van der Waals surface area contributed by atoms with E-state index in [-0.39, 0.29) is 18.2 Å². The Balaban J connectivity index is 1.66. The van der Waals surface area contributed by atoms with E-state index in [1.54, 1.807) is 11.3 Å². The van der Waals surface area contributed by atoms with Gasteiger partial charge in [0.15, 0.2) is 0 Å². The number of fused-ring (bicyclic) bond motifs is 1. The molecule has 3 heterocycles. The van der Waals surface area contributed by atoms with Gasteiger partial charge in [-0.3, -0.25) is 14.3 Å². The minimum absolute atomic E-state index is 0.0333. The third-order valence-corrected chi connectivity index (χ3v) is 6.76. The van der Waals surface area contributed by atoms with Gasteiger partial charge in [-0.05, 0) is 49.6 Å². The van der Waals surface area contributed by atoms with Crippen LogP contribution in [0, 0.1) is 19.8 Å². The van der Waals surface area contributed by atoms with Gasteiger partial charge in [-0.1, -0.05) is 27.2 Å². The molecule has 1 aliphatic heterocycles. The van der Waals surface area contributed by atoms with Crippen molar-refractivity contribution in [2.24, 2.45) is 5.92 Å². The summed E-state index contributed by atoms with van der Waals surface area (Å²) >= 11 is 1.76. The van der Waals surface area contributed by atoms with Crippen LogP contribution in [0.4, 0.5) is 0 Å². The SMILES string of the molecule is CCCC(NC(=O)Cc1c(C)nn(CC(C)C)c1C)C(=O)N1CCc2sccc2C1. The summed E-state index contributed by atoms with van der Waals surface area (Å²) in [5.41, 5.74) is 4.14. The first-order valence-electron chi connectivity index (χ1n) is 11.0. The van der Waals surface area contributed by atoms with Crippen LogP contribution in [0.2, 0.25) is 0 Å². The number of carbonyl (C=O) groups excluding carboxylic acids is 2. The molecule has 30 heavy (non-hydrogen) atoms. The summed E-state index contributed by atoms with van der Waals surface area (Å²) in [5, 5.41) is 9.72. The molecule has 0 radical (unpaired) electrons. The van der Waals surface area contributed by atoms with Crippen LogP contribution in [0.1, 0.15) is 61.0 Å². The molecule has 7 heteroatoms. The molecule has 0 saturated heterocycles. The lowest BCUT2D eigenvalue weighted by atomic mass is 10.0. The van der Waals surface area contributed by atoms with Crippen LogP contribution in [0.15, 0.2) is 11.4 Å². The standard InChI is InChI=1S/C23H34N4O2S/c1-6-7-20(23(29)26-10-8-21-18(14-26)9-11-30-21)24-22(28)12-19-16(4)25-27(17(19)5)13-15(2)3/h9,11,15,20H,6-8,10,12-14H2,1-5H3,(H,24,28). The second-order valence-corrected chi connectivity index (χ2v) is 9.69. The summed E-state index contributed by atoms with van der Waals surface area (Å²) in [6, 6.07) is 1.64. The highest BCUT2D eigenvalue weighted by Crippen LogP contribution is 2.24. The first-order valence-corrected chi connectivity index (χ1v) is 11.8. The molecule has 2 aromatic rings. The number of amides is 2. The maximum absolute atomic E-state index is 13.2. The van der Waals surface area contributed by atoms with Crippen LogP contribution < -0.4 is 5.32 Å². The van der Waals surface area contributed by atoms with Crippen LogP contribution in [0.25, 0.3) is 0 Å². The zero-order valence-corrected chi connectivity index (χ0v) is 19.6. The van der Waals surface area contributed by atoms with E-state index >= 15 is 0 Å². The normalized spacial score (nSPS) is 14.7. The quantitative estimate of drug-likeness (QED) is 0.695. The van der Waals surface area contributed by atoms with Gasteiger partial charge in [0.05, 0.1) is 12.1 Å². The van der Waals surface area contributed by atoms with Crippen molar-refractivity contribution in [3.8, 4) is 0 Å². The predicted octanol–water partition coefficient (Wildman–Crippen LogP) is 3.63. The third-order valence-electron chi connectivity index (χ3n) is 5.74. The van der Waals surface area contributed by atoms with Crippen molar-refractivity contribution in [3.05, 3.63) is 38.8 Å². The Hall–Kier alpha value is -2.15. The molecule has 164 valence electrons. The van der Waals surface area contributed by atoms with Crippen molar-refractivity contribution in [2.75, 3.05) is 6.54 Å². The van der Waals surface area contributed by atoms with E-state index in [9.17, 15) is 9.59 Å². The minimum Gasteiger partial charge on any atom is -0.344 e. The molecule has 1 aliphatic rings. The monoisotopic (exact) mass is 430 g/mol. The molecule has 6 nitrogen and oxygen atoms in total. The Bertz CT molecular complexity index is 899. The molecular formula is C23H34N4O2S. The van der Waals surface area contributed by atoms with Crippen molar-refractivity contribution in [2.45, 2.75) is 79.4 Å². The highest BCUT2D eigenvalue weighted by Gasteiger charge is 2.29. The van der Waals surface area contributed by atoms with Gasteiger partial charge in [-0.2, -0.15) is 5.10 Å². The number of thiophene rings is 1. The fraction of sp³-hybridized carbons (Fsp3) is 0.609. The van der Waals surface area contributed by atoms with Gasteiger partial charge in [-0.25, -0.2) is 0 Å². The molecule has 1 unspecified atom stereocenters. The molecule has 2 amide bonds. The van der Waals surface area contributed by atoms with Gasteiger partial charge in [0, 0.05) is 35.8 Å². The fourth-order valence-corrected chi connectivity index (χ4v) is 5.01. The lowest BCUT2D eigenvalue weighted by Gasteiger charge is -2.31. The zero-order chi connectivity index (χ0) is 21.8. The Morgan fingerprint density at radius 2 is 2.07 bits per heavy atom. The number of rotatable bonds is 8. The summed E-state index contributed by atoms with van der Waals surface area (Å²) in [6.45, 7) is 12.5. The third kappa shape index (κ3) is 5.12. The average molecular weight is 431 g/mol. The molecule has 0 saturated carbocycles. The van der Waals surface area contributed by atoms with Gasteiger partial charge >= 0.3 is 0 Å².